The molecule has 5 aromatic carbocycles. The van der Waals surface area contributed by atoms with Gasteiger partial charge in [0, 0.05) is 30.4 Å². The summed E-state index contributed by atoms with van der Waals surface area (Å²) >= 11 is 0. The van der Waals surface area contributed by atoms with E-state index < -0.39 is 114 Å². The van der Waals surface area contributed by atoms with Crippen molar-refractivity contribution < 1.29 is 105 Å². The highest BCUT2D eigenvalue weighted by Crippen LogP contribution is 2.32. The fourth-order valence-electron chi connectivity index (χ4n) is 10.7. The van der Waals surface area contributed by atoms with Crippen LogP contribution in [0.25, 0.3) is 24.3 Å². The zero-order chi connectivity index (χ0) is 79.7. The maximum Gasteiger partial charge on any atom is 0.338 e. The van der Waals surface area contributed by atoms with E-state index in [4.69, 9.17) is 52.1 Å². The first-order valence-corrected chi connectivity index (χ1v) is 37.7. The normalized spacial score (nSPS) is 13.6. The molecule has 0 amide bonds. The summed E-state index contributed by atoms with van der Waals surface area (Å²) in [6.07, 6.45) is 22.2. The van der Waals surface area contributed by atoms with Crippen molar-refractivity contribution in [2.45, 2.75) is 203 Å². The van der Waals surface area contributed by atoms with E-state index in [1.165, 1.54) is 111 Å². The first-order valence-electron chi connectivity index (χ1n) is 37.7. The highest BCUT2D eigenvalue weighted by atomic mass is 16.6. The monoisotopic (exact) mass is 1500 g/mol. The summed E-state index contributed by atoms with van der Waals surface area (Å²) in [4.78, 5) is 150. The minimum Gasteiger partial charge on any atom is -0.462 e. The van der Waals surface area contributed by atoms with Crippen molar-refractivity contribution in [1.29, 1.82) is 0 Å². The van der Waals surface area contributed by atoms with Crippen LogP contribution in [0.15, 0.2) is 140 Å². The number of ether oxygens (including phenoxy) is 11. The third-order valence-corrected chi connectivity index (χ3v) is 17.5. The Balaban J connectivity index is 1.49. The molecule has 0 aliphatic rings. The molecule has 0 aliphatic heterocycles. The summed E-state index contributed by atoms with van der Waals surface area (Å²) in [6.45, 7) is 17.2. The molecule has 0 aromatic heterocycles. The molecule has 0 heterocycles. The standard InChI is InChI=1S/C87H106O22/c1-12-21-22-23-52-99-83(96)68-53-73(108-84(97)86(10,56-100-79(92)64-40-28-60(29-41-64)36-48-75(88)104-69(17-6)24-13-2)57-101-80(93)65-42-30-61(31-43-65)37-49-76(89)105-70(18-7)25-14-3)55-74(54-68)109-85(98)87(11,58-102-81(94)66-44-32-62(33-45-66)38-50-77(90)106-71(19-8)26-15-4)59-103-82(95)67-46-34-63(35-47-67)39-51-78(91)107-72(20-9)27-16-5/h28-51,53-55,69-72H,12-27,52,56-59H2,1-11H3. The van der Waals surface area contributed by atoms with E-state index in [2.05, 4.69) is 0 Å². The smallest absolute Gasteiger partial charge is 0.338 e. The molecular formula is C87H106O22. The molecule has 0 spiro atoms. The second kappa shape index (κ2) is 47.1. The Morgan fingerprint density at radius 3 is 0.807 bits per heavy atom. The fraction of sp³-hybridized carbons (Fsp3) is 0.437. The van der Waals surface area contributed by atoms with Crippen LogP contribution in [0.4, 0.5) is 0 Å². The van der Waals surface area contributed by atoms with Crippen molar-refractivity contribution in [2.24, 2.45) is 10.8 Å². The van der Waals surface area contributed by atoms with Crippen molar-refractivity contribution in [1.82, 2.24) is 0 Å². The van der Waals surface area contributed by atoms with E-state index in [0.29, 0.717) is 80.0 Å². The van der Waals surface area contributed by atoms with E-state index in [9.17, 15) is 52.7 Å². The lowest BCUT2D eigenvalue weighted by atomic mass is 9.93. The van der Waals surface area contributed by atoms with Gasteiger partial charge in [-0.05, 0) is 179 Å². The average molecular weight is 1500 g/mol. The molecule has 4 atom stereocenters. The predicted octanol–water partition coefficient (Wildman–Crippen LogP) is 17.2. The Labute approximate surface area is 640 Å². The van der Waals surface area contributed by atoms with Crippen LogP contribution in [0.2, 0.25) is 0 Å². The average Bonchev–Trinajstić information content (AvgIpc) is 0.807. The van der Waals surface area contributed by atoms with Gasteiger partial charge < -0.3 is 52.1 Å². The van der Waals surface area contributed by atoms with Crippen LogP contribution in [0.5, 0.6) is 11.5 Å². The summed E-state index contributed by atoms with van der Waals surface area (Å²) in [5, 5.41) is 0. The van der Waals surface area contributed by atoms with Gasteiger partial charge in [-0.25, -0.2) is 43.2 Å². The van der Waals surface area contributed by atoms with Gasteiger partial charge >= 0.3 is 65.7 Å². The second-order valence-electron chi connectivity index (χ2n) is 26.9. The van der Waals surface area contributed by atoms with Gasteiger partial charge in [0.05, 0.1) is 34.4 Å². The van der Waals surface area contributed by atoms with Gasteiger partial charge in [0.25, 0.3) is 0 Å². The largest absolute Gasteiger partial charge is 0.462 e. The summed E-state index contributed by atoms with van der Waals surface area (Å²) in [6, 6.07) is 27.4. The molecule has 0 saturated carbocycles. The van der Waals surface area contributed by atoms with Gasteiger partial charge in [0.2, 0.25) is 0 Å². The number of carbonyl (C=O) groups is 11. The van der Waals surface area contributed by atoms with Gasteiger partial charge in [-0.2, -0.15) is 0 Å². The Kier molecular flexibility index (Phi) is 38.4. The molecule has 586 valence electrons. The number of carbonyl (C=O) groups excluding carboxylic acids is 11. The second-order valence-corrected chi connectivity index (χ2v) is 26.9. The molecule has 0 bridgehead atoms. The van der Waals surface area contributed by atoms with E-state index in [0.717, 1.165) is 63.1 Å². The highest BCUT2D eigenvalue weighted by Gasteiger charge is 2.42. The summed E-state index contributed by atoms with van der Waals surface area (Å²) in [5.74, 6) is -9.85. The third kappa shape index (κ3) is 31.2. The third-order valence-electron chi connectivity index (χ3n) is 17.5. The SMILES string of the molecule is CCCCCCOC(=O)c1cc(OC(=O)C(C)(COC(=O)c2ccc(C=CC(=O)OC(CC)CCC)cc2)COC(=O)c2ccc(C=CC(=O)OC(CC)CCC)cc2)cc(OC(=O)C(C)(COC(=O)c2ccc(C=CC(=O)OC(CC)CCC)cc2)COC(=O)c2ccc(C=CC(=O)OC(CC)CCC)cc2)c1. The van der Waals surface area contributed by atoms with E-state index in [1.54, 1.807) is 48.5 Å². The minimum absolute atomic E-state index is 0.0138. The predicted molar refractivity (Wildman–Crippen MR) is 412 cm³/mol. The zero-order valence-corrected chi connectivity index (χ0v) is 64.7. The zero-order valence-electron chi connectivity index (χ0n) is 64.7. The molecule has 22 nitrogen and oxygen atoms in total. The number of hydrogen-bond donors (Lipinski definition) is 0. The summed E-state index contributed by atoms with van der Waals surface area (Å²) in [5.41, 5.74) is -2.01. The van der Waals surface area contributed by atoms with Crippen molar-refractivity contribution >= 4 is 90.0 Å². The van der Waals surface area contributed by atoms with Crippen molar-refractivity contribution in [2.75, 3.05) is 33.0 Å². The Morgan fingerprint density at radius 1 is 0.312 bits per heavy atom. The van der Waals surface area contributed by atoms with Gasteiger partial charge in [-0.15, -0.1) is 0 Å². The van der Waals surface area contributed by atoms with Crippen molar-refractivity contribution in [3.8, 4) is 11.5 Å². The molecule has 109 heavy (non-hydrogen) atoms. The van der Waals surface area contributed by atoms with Crippen LogP contribution >= 0.6 is 0 Å². The fourth-order valence-corrected chi connectivity index (χ4v) is 10.7. The van der Waals surface area contributed by atoms with Crippen LogP contribution in [0.3, 0.4) is 0 Å². The maximum absolute atomic E-state index is 14.9. The minimum atomic E-state index is -2.05. The first-order chi connectivity index (χ1) is 52.3. The first kappa shape index (κ1) is 88.9. The molecule has 0 aliphatic carbocycles. The Hall–Kier alpha value is -10.8. The quantitative estimate of drug-likeness (QED) is 0.0115. The number of benzene rings is 5. The Morgan fingerprint density at radius 2 is 0.569 bits per heavy atom. The number of esters is 11. The highest BCUT2D eigenvalue weighted by molar-refractivity contribution is 5.95. The van der Waals surface area contributed by atoms with Crippen molar-refractivity contribution in [3.63, 3.8) is 0 Å². The number of unbranched alkanes of at least 4 members (excludes halogenated alkanes) is 3. The van der Waals surface area contributed by atoms with Gasteiger partial charge in [0.1, 0.15) is 73.2 Å². The van der Waals surface area contributed by atoms with Crippen LogP contribution in [0, 0.1) is 10.8 Å². The topological polar surface area (TPSA) is 289 Å². The maximum atomic E-state index is 14.9. The molecule has 5 aromatic rings. The lowest BCUT2D eigenvalue weighted by molar-refractivity contribution is -0.150. The van der Waals surface area contributed by atoms with E-state index in [1.807, 2.05) is 62.3 Å². The molecule has 5 rings (SSSR count). The lowest BCUT2D eigenvalue weighted by Gasteiger charge is -2.27. The van der Waals surface area contributed by atoms with E-state index >= 15 is 0 Å². The number of hydrogen-bond acceptors (Lipinski definition) is 22. The molecule has 0 radical (unpaired) electrons. The number of rotatable bonds is 46. The summed E-state index contributed by atoms with van der Waals surface area (Å²) in [7, 11) is 0. The van der Waals surface area contributed by atoms with Gasteiger partial charge in [-0.3, -0.25) is 9.59 Å². The van der Waals surface area contributed by atoms with Crippen molar-refractivity contribution in [3.05, 3.63) is 190 Å². The van der Waals surface area contributed by atoms with Crippen LogP contribution < -0.4 is 9.47 Å². The molecule has 0 N–H and O–H groups in total. The van der Waals surface area contributed by atoms with Gasteiger partial charge in [-0.1, -0.05) is 156 Å². The van der Waals surface area contributed by atoms with E-state index in [-0.39, 0.29) is 58.8 Å². The molecular weight excluding hydrogens is 1400 g/mol. The Bertz CT molecular complexity index is 3490. The summed E-state index contributed by atoms with van der Waals surface area (Å²) < 4.78 is 62.9. The molecule has 0 fully saturated rings. The lowest BCUT2D eigenvalue weighted by Crippen LogP contribution is -2.42. The molecule has 4 unspecified atom stereocenters. The molecule has 22 heteroatoms. The molecule has 0 saturated heterocycles. The van der Waals surface area contributed by atoms with Crippen LogP contribution in [-0.4, -0.2) is 123 Å². The van der Waals surface area contributed by atoms with Gasteiger partial charge in [0.15, 0.2) is 0 Å². The van der Waals surface area contributed by atoms with Crippen LogP contribution in [0.1, 0.15) is 253 Å². The van der Waals surface area contributed by atoms with Crippen LogP contribution in [-0.2, 0) is 71.4 Å².